The summed E-state index contributed by atoms with van der Waals surface area (Å²) in [6.45, 7) is 1.79. The van der Waals surface area contributed by atoms with Crippen LogP contribution in [0.4, 0.5) is 5.69 Å². The Morgan fingerprint density at radius 3 is 2.69 bits per heavy atom. The molecule has 0 spiro atoms. The highest BCUT2D eigenvalue weighted by Crippen LogP contribution is 2.31. The first-order chi connectivity index (χ1) is 7.72. The molecule has 1 aromatic heterocycles. The second-order valence-corrected chi connectivity index (χ2v) is 5.25. The average Bonchev–Trinajstić information content (AvgIpc) is 2.85. The van der Waals surface area contributed by atoms with E-state index in [0.29, 0.717) is 17.1 Å². The summed E-state index contributed by atoms with van der Waals surface area (Å²) in [7, 11) is 0. The number of nitrogens with zero attached hydrogens (tertiary/aromatic N) is 1. The minimum atomic E-state index is -0.840. The molecule has 2 unspecified atom stereocenters. The Balaban J connectivity index is 1.79. The molecule has 0 radical (unpaired) electrons. The SMILES string of the molecule is O=C(O)c1cc(N2CC3CCC(C2)O3)cs1. The van der Waals surface area contributed by atoms with Gasteiger partial charge >= 0.3 is 5.97 Å². The van der Waals surface area contributed by atoms with E-state index in [2.05, 4.69) is 4.90 Å². The van der Waals surface area contributed by atoms with Crippen molar-refractivity contribution in [3.05, 3.63) is 16.3 Å². The second-order valence-electron chi connectivity index (χ2n) is 4.34. The summed E-state index contributed by atoms with van der Waals surface area (Å²) in [4.78, 5) is 13.5. The minimum Gasteiger partial charge on any atom is -0.477 e. The van der Waals surface area contributed by atoms with Crippen LogP contribution in [0.5, 0.6) is 0 Å². The lowest BCUT2D eigenvalue weighted by atomic mass is 10.2. The largest absolute Gasteiger partial charge is 0.477 e. The molecule has 3 heterocycles. The molecule has 0 aliphatic carbocycles. The summed E-state index contributed by atoms with van der Waals surface area (Å²) >= 11 is 1.29. The van der Waals surface area contributed by atoms with Gasteiger partial charge in [-0.3, -0.25) is 0 Å². The number of ether oxygens (including phenoxy) is 1. The highest BCUT2D eigenvalue weighted by atomic mass is 32.1. The predicted octanol–water partition coefficient (Wildman–Crippen LogP) is 1.81. The summed E-state index contributed by atoms with van der Waals surface area (Å²) in [6.07, 6.45) is 2.95. The third kappa shape index (κ3) is 1.70. The van der Waals surface area contributed by atoms with Crippen molar-refractivity contribution >= 4 is 23.0 Å². The first kappa shape index (κ1) is 10.1. The fourth-order valence-corrected chi connectivity index (χ4v) is 3.18. The van der Waals surface area contributed by atoms with Gasteiger partial charge in [0.05, 0.1) is 12.2 Å². The monoisotopic (exact) mass is 239 g/mol. The standard InChI is InChI=1S/C11H13NO3S/c13-11(14)10-3-7(6-16-10)12-4-8-1-2-9(5-12)15-8/h3,6,8-9H,1-2,4-5H2,(H,13,14). The van der Waals surface area contributed by atoms with E-state index in [1.54, 1.807) is 6.07 Å². The Hall–Kier alpha value is -1.07. The van der Waals surface area contributed by atoms with Gasteiger partial charge in [0.1, 0.15) is 4.88 Å². The topological polar surface area (TPSA) is 49.8 Å². The maximum Gasteiger partial charge on any atom is 0.345 e. The molecule has 1 aromatic rings. The molecule has 86 valence electrons. The molecule has 0 aromatic carbocycles. The van der Waals surface area contributed by atoms with Gasteiger partial charge in [-0.05, 0) is 18.9 Å². The van der Waals surface area contributed by atoms with Gasteiger partial charge in [0.25, 0.3) is 0 Å². The molecule has 0 saturated carbocycles. The zero-order valence-electron chi connectivity index (χ0n) is 8.76. The molecule has 4 nitrogen and oxygen atoms in total. The quantitative estimate of drug-likeness (QED) is 0.855. The van der Waals surface area contributed by atoms with E-state index < -0.39 is 5.97 Å². The van der Waals surface area contributed by atoms with Crippen molar-refractivity contribution in [1.82, 2.24) is 0 Å². The lowest BCUT2D eigenvalue weighted by molar-refractivity contribution is 0.0305. The van der Waals surface area contributed by atoms with Crippen molar-refractivity contribution < 1.29 is 14.6 Å². The van der Waals surface area contributed by atoms with Crippen LogP contribution in [0.1, 0.15) is 22.5 Å². The van der Waals surface area contributed by atoms with Gasteiger partial charge in [-0.2, -0.15) is 0 Å². The van der Waals surface area contributed by atoms with E-state index in [4.69, 9.17) is 9.84 Å². The summed E-state index contributed by atoms with van der Waals surface area (Å²) in [6, 6.07) is 1.76. The van der Waals surface area contributed by atoms with Crippen molar-refractivity contribution in [2.45, 2.75) is 25.0 Å². The minimum absolute atomic E-state index is 0.340. The summed E-state index contributed by atoms with van der Waals surface area (Å²) in [5.74, 6) is -0.840. The Labute approximate surface area is 97.4 Å². The van der Waals surface area contributed by atoms with Gasteiger partial charge in [0, 0.05) is 24.2 Å². The van der Waals surface area contributed by atoms with Gasteiger partial charge in [-0.15, -0.1) is 11.3 Å². The number of anilines is 1. The van der Waals surface area contributed by atoms with E-state index in [-0.39, 0.29) is 0 Å². The molecule has 5 heteroatoms. The summed E-state index contributed by atoms with van der Waals surface area (Å²) < 4.78 is 5.75. The molecule has 3 rings (SSSR count). The molecule has 2 saturated heterocycles. The number of hydrogen-bond donors (Lipinski definition) is 1. The fraction of sp³-hybridized carbons (Fsp3) is 0.545. The zero-order valence-corrected chi connectivity index (χ0v) is 9.57. The Morgan fingerprint density at radius 2 is 2.12 bits per heavy atom. The number of carbonyl (C=O) groups is 1. The highest BCUT2D eigenvalue weighted by molar-refractivity contribution is 7.12. The number of carboxylic acid groups (broad SMARTS) is 1. The van der Waals surface area contributed by atoms with Crippen molar-refractivity contribution in [2.75, 3.05) is 18.0 Å². The molecule has 2 aliphatic heterocycles. The normalized spacial score (nSPS) is 28.4. The van der Waals surface area contributed by atoms with Crippen LogP contribution in [-0.4, -0.2) is 36.4 Å². The van der Waals surface area contributed by atoms with Crippen molar-refractivity contribution in [2.24, 2.45) is 0 Å². The highest BCUT2D eigenvalue weighted by Gasteiger charge is 2.34. The number of thiophene rings is 1. The van der Waals surface area contributed by atoms with Gasteiger partial charge in [0.2, 0.25) is 0 Å². The number of fused-ring (bicyclic) bond motifs is 2. The van der Waals surface area contributed by atoms with E-state index in [0.717, 1.165) is 31.6 Å². The smallest absolute Gasteiger partial charge is 0.345 e. The lowest BCUT2D eigenvalue weighted by Crippen LogP contribution is -2.42. The first-order valence-electron chi connectivity index (χ1n) is 5.44. The van der Waals surface area contributed by atoms with E-state index in [1.807, 2.05) is 5.38 Å². The van der Waals surface area contributed by atoms with E-state index >= 15 is 0 Å². The van der Waals surface area contributed by atoms with E-state index in [9.17, 15) is 4.79 Å². The maximum atomic E-state index is 10.8. The molecule has 16 heavy (non-hydrogen) atoms. The van der Waals surface area contributed by atoms with Crippen LogP contribution in [-0.2, 0) is 4.74 Å². The Morgan fingerprint density at radius 1 is 1.44 bits per heavy atom. The molecular formula is C11H13NO3S. The molecule has 0 amide bonds. The first-order valence-corrected chi connectivity index (χ1v) is 6.32. The average molecular weight is 239 g/mol. The molecular weight excluding hydrogens is 226 g/mol. The summed E-state index contributed by atoms with van der Waals surface area (Å²) in [5.41, 5.74) is 1.03. The fourth-order valence-electron chi connectivity index (χ4n) is 2.43. The van der Waals surface area contributed by atoms with Crippen molar-refractivity contribution in [3.8, 4) is 0 Å². The Bertz CT molecular complexity index is 405. The maximum absolute atomic E-state index is 10.8. The molecule has 2 atom stereocenters. The molecule has 2 aliphatic rings. The summed E-state index contributed by atoms with van der Waals surface area (Å²) in [5, 5.41) is 10.8. The third-order valence-corrected chi connectivity index (χ3v) is 4.11. The van der Waals surface area contributed by atoms with Crippen LogP contribution in [0.3, 0.4) is 0 Å². The van der Waals surface area contributed by atoms with Gasteiger partial charge in [-0.25, -0.2) is 4.79 Å². The van der Waals surface area contributed by atoms with Crippen LogP contribution >= 0.6 is 11.3 Å². The van der Waals surface area contributed by atoms with Gasteiger partial charge in [0.15, 0.2) is 0 Å². The predicted molar refractivity (Wildman–Crippen MR) is 61.4 cm³/mol. The molecule has 2 fully saturated rings. The second kappa shape index (κ2) is 3.75. The van der Waals surface area contributed by atoms with Crippen LogP contribution in [0.25, 0.3) is 0 Å². The van der Waals surface area contributed by atoms with Crippen LogP contribution in [0.15, 0.2) is 11.4 Å². The number of aromatic carboxylic acids is 1. The van der Waals surface area contributed by atoms with Crippen molar-refractivity contribution in [3.63, 3.8) is 0 Å². The zero-order chi connectivity index (χ0) is 11.1. The number of rotatable bonds is 2. The van der Waals surface area contributed by atoms with Crippen LogP contribution < -0.4 is 4.90 Å². The number of morpholine rings is 1. The number of hydrogen-bond acceptors (Lipinski definition) is 4. The molecule has 1 N–H and O–H groups in total. The van der Waals surface area contributed by atoms with Crippen LogP contribution in [0, 0.1) is 0 Å². The Kier molecular flexibility index (Phi) is 2.37. The number of carboxylic acids is 1. The third-order valence-electron chi connectivity index (χ3n) is 3.21. The van der Waals surface area contributed by atoms with E-state index in [1.165, 1.54) is 11.3 Å². The van der Waals surface area contributed by atoms with Crippen LogP contribution in [0.2, 0.25) is 0 Å². The van der Waals surface area contributed by atoms with Crippen molar-refractivity contribution in [1.29, 1.82) is 0 Å². The van der Waals surface area contributed by atoms with Gasteiger partial charge < -0.3 is 14.7 Å². The molecule has 2 bridgehead atoms. The lowest BCUT2D eigenvalue weighted by Gasteiger charge is -2.33. The van der Waals surface area contributed by atoms with Gasteiger partial charge in [-0.1, -0.05) is 0 Å².